The highest BCUT2D eigenvalue weighted by Gasteiger charge is 2.33. The number of rotatable bonds is 5. The number of benzene rings is 1. The zero-order valence-electron chi connectivity index (χ0n) is 19.6. The molecule has 9 nitrogen and oxygen atoms in total. The van der Waals surface area contributed by atoms with Crippen molar-refractivity contribution in [2.75, 3.05) is 24.2 Å². The molecule has 1 aliphatic heterocycles. The smallest absolute Gasteiger partial charge is 0.225 e. The van der Waals surface area contributed by atoms with Crippen LogP contribution < -0.4 is 15.7 Å². The summed E-state index contributed by atoms with van der Waals surface area (Å²) in [5, 5.41) is 22.6. The number of hydrogen-bond acceptors (Lipinski definition) is 8. The Bertz CT molecular complexity index is 1440. The van der Waals surface area contributed by atoms with Gasteiger partial charge in [0.25, 0.3) is 0 Å². The zero-order valence-corrected chi connectivity index (χ0v) is 19.6. The van der Waals surface area contributed by atoms with Gasteiger partial charge in [-0.2, -0.15) is 10.2 Å². The van der Waals surface area contributed by atoms with Gasteiger partial charge in [0.2, 0.25) is 5.62 Å². The van der Waals surface area contributed by atoms with Crippen LogP contribution in [0.25, 0.3) is 22.4 Å². The van der Waals surface area contributed by atoms with Crippen molar-refractivity contribution in [3.63, 3.8) is 0 Å². The Labute approximate surface area is 201 Å². The molecule has 1 aromatic carbocycles. The molecule has 0 atom stereocenters. The zero-order chi connectivity index (χ0) is 24.7. The minimum absolute atomic E-state index is 0.00910. The van der Waals surface area contributed by atoms with Crippen molar-refractivity contribution < 1.29 is 9.60 Å². The Morgan fingerprint density at radius 1 is 1.06 bits per heavy atom. The van der Waals surface area contributed by atoms with Crippen molar-refractivity contribution in [3.05, 3.63) is 83.6 Å². The van der Waals surface area contributed by atoms with Gasteiger partial charge in [-0.05, 0) is 36.8 Å². The average molecular weight is 473 g/mol. The van der Waals surface area contributed by atoms with Crippen LogP contribution in [0, 0.1) is 18.2 Å². The van der Waals surface area contributed by atoms with E-state index >= 15 is 0 Å². The fraction of sp³-hybridized carbons (Fsp3) is 0.200. The Hall–Kier alpha value is -4.15. The largest absolute Gasteiger partial charge is 0.363 e. The molecular weight excluding hydrogens is 447 g/mol. The van der Waals surface area contributed by atoms with Gasteiger partial charge >= 0.3 is 0 Å². The Morgan fingerprint density at radius 3 is 2.51 bits per heavy atom. The third kappa shape index (κ3) is 4.25. The van der Waals surface area contributed by atoms with E-state index in [0.717, 1.165) is 34.0 Å². The normalized spacial score (nSPS) is 13.2. The van der Waals surface area contributed by atoms with E-state index in [1.165, 1.54) is 6.07 Å². The fourth-order valence-corrected chi connectivity index (χ4v) is 4.16. The van der Waals surface area contributed by atoms with Crippen molar-refractivity contribution in [3.8, 4) is 22.4 Å². The molecule has 0 amide bonds. The predicted octanol–water partition coefficient (Wildman–Crippen LogP) is 3.58. The van der Waals surface area contributed by atoms with Crippen LogP contribution in [-0.4, -0.2) is 43.8 Å². The number of nitrogens with one attached hydrogen (secondary N) is 1. The van der Waals surface area contributed by atoms with Gasteiger partial charge in [-0.25, -0.2) is 14.4 Å². The predicted molar refractivity (Wildman–Crippen MR) is 130 cm³/mol. The van der Waals surface area contributed by atoms with E-state index in [4.69, 9.17) is 5.41 Å². The number of pyridine rings is 2. The van der Waals surface area contributed by atoms with Crippen molar-refractivity contribution >= 4 is 11.6 Å². The lowest BCUT2D eigenvalue weighted by molar-refractivity contribution is 0.0614. The maximum absolute atomic E-state index is 13.3. The Kier molecular flexibility index (Phi) is 5.75. The topological polar surface area (TPSA) is 97.4 Å². The van der Waals surface area contributed by atoms with Crippen molar-refractivity contribution in [2.24, 2.45) is 0 Å². The minimum atomic E-state index is -0.425. The number of fused-ring (bicyclic) bond motifs is 1. The molecule has 0 spiro atoms. The van der Waals surface area contributed by atoms with E-state index in [9.17, 15) is 9.60 Å². The van der Waals surface area contributed by atoms with E-state index in [1.807, 2.05) is 68.4 Å². The molecule has 0 saturated heterocycles. The molecule has 1 aliphatic rings. The molecule has 0 fully saturated rings. The summed E-state index contributed by atoms with van der Waals surface area (Å²) < 4.78 is 15.0. The second-order valence-electron chi connectivity index (χ2n) is 8.59. The summed E-state index contributed by atoms with van der Waals surface area (Å²) in [6.45, 7) is 2.32. The molecule has 4 heterocycles. The summed E-state index contributed by atoms with van der Waals surface area (Å²) in [6, 6.07) is 16.4. The monoisotopic (exact) mass is 472 g/mol. The van der Waals surface area contributed by atoms with Crippen molar-refractivity contribution in [2.45, 2.75) is 20.1 Å². The number of halogens is 1. The van der Waals surface area contributed by atoms with E-state index in [0.29, 0.717) is 22.8 Å². The van der Waals surface area contributed by atoms with E-state index in [1.54, 1.807) is 15.6 Å². The first kappa shape index (κ1) is 22.6. The lowest BCUT2D eigenvalue weighted by Gasteiger charge is -2.24. The van der Waals surface area contributed by atoms with Gasteiger partial charge in [-0.3, -0.25) is 20.2 Å². The first-order valence-electron chi connectivity index (χ1n) is 11.1. The Balaban J connectivity index is 1.70. The summed E-state index contributed by atoms with van der Waals surface area (Å²) in [6.07, 6.45) is 1.15. The van der Waals surface area contributed by atoms with Crippen LogP contribution in [0.1, 0.15) is 11.4 Å². The van der Waals surface area contributed by atoms with Gasteiger partial charge < -0.3 is 4.90 Å². The highest BCUT2D eigenvalue weighted by molar-refractivity contribution is 5.89. The van der Waals surface area contributed by atoms with Crippen LogP contribution in [0.3, 0.4) is 0 Å². The van der Waals surface area contributed by atoms with E-state index in [2.05, 4.69) is 15.0 Å². The van der Waals surface area contributed by atoms with Crippen molar-refractivity contribution in [1.29, 1.82) is 5.41 Å². The van der Waals surface area contributed by atoms with Crippen LogP contribution in [-0.2, 0) is 13.2 Å². The molecular formula is C25H25FN8O. The summed E-state index contributed by atoms with van der Waals surface area (Å²) in [7, 11) is 3.84. The summed E-state index contributed by atoms with van der Waals surface area (Å²) in [5.74, 6) is 0.759. The molecule has 0 unspecified atom stereocenters. The minimum Gasteiger partial charge on any atom is -0.363 e. The summed E-state index contributed by atoms with van der Waals surface area (Å²) in [5.41, 5.74) is 4.31. The van der Waals surface area contributed by atoms with Gasteiger partial charge in [-0.15, -0.1) is 0 Å². The van der Waals surface area contributed by atoms with Crippen LogP contribution in [0.4, 0.5) is 16.0 Å². The molecule has 178 valence electrons. The molecule has 2 N–H and O–H groups in total. The molecule has 5 rings (SSSR count). The summed E-state index contributed by atoms with van der Waals surface area (Å²) in [4.78, 5) is 15.3. The van der Waals surface area contributed by atoms with Gasteiger partial charge in [-0.1, -0.05) is 30.3 Å². The second kappa shape index (κ2) is 8.90. The highest BCUT2D eigenvalue weighted by Crippen LogP contribution is 2.40. The van der Waals surface area contributed by atoms with E-state index in [-0.39, 0.29) is 18.8 Å². The standard InChI is InChI=1S/C25H25FN8O/c1-16-11-18(12-21(29-16)31(2)3)22-23(17-7-5-4-6-8-17)30-25(27)33-15-32(34(35)24(22)33)14-20-10-9-19(26)13-28-20/h4-13,27,35H,14-15H2,1-3H3. The Morgan fingerprint density at radius 2 is 1.83 bits per heavy atom. The van der Waals surface area contributed by atoms with Crippen LogP contribution >= 0.6 is 0 Å². The van der Waals surface area contributed by atoms with Gasteiger partial charge in [0.05, 0.1) is 29.7 Å². The lowest BCUT2D eigenvalue weighted by Crippen LogP contribution is -2.34. The highest BCUT2D eigenvalue weighted by atomic mass is 19.1. The van der Waals surface area contributed by atoms with Crippen molar-refractivity contribution in [1.82, 2.24) is 24.5 Å². The van der Waals surface area contributed by atoms with Gasteiger partial charge in [0, 0.05) is 25.4 Å². The third-order valence-corrected chi connectivity index (χ3v) is 5.82. The summed E-state index contributed by atoms with van der Waals surface area (Å²) >= 11 is 0. The molecule has 0 saturated carbocycles. The average Bonchev–Trinajstić information content (AvgIpc) is 3.17. The second-order valence-corrected chi connectivity index (χ2v) is 8.59. The number of hydrogen-bond donors (Lipinski definition) is 2. The molecule has 0 aliphatic carbocycles. The number of anilines is 2. The van der Waals surface area contributed by atoms with Crippen LogP contribution in [0.2, 0.25) is 0 Å². The van der Waals surface area contributed by atoms with Crippen LogP contribution in [0.5, 0.6) is 0 Å². The number of nitrogens with zero attached hydrogens (tertiary/aromatic N) is 7. The first-order valence-corrected chi connectivity index (χ1v) is 11.1. The number of hydrazine groups is 1. The molecule has 0 bridgehead atoms. The van der Waals surface area contributed by atoms with Gasteiger partial charge in [0.1, 0.15) is 18.3 Å². The maximum atomic E-state index is 13.3. The molecule has 4 aromatic rings. The molecule has 0 radical (unpaired) electrons. The SMILES string of the molecule is Cc1cc(-c2c(-c3ccccc3)nc(=N)n3c2N(O)N(Cc2ccc(F)cn2)C3)cc(N(C)C)n1. The maximum Gasteiger partial charge on any atom is 0.225 e. The van der Waals surface area contributed by atoms with Gasteiger partial charge in [0.15, 0.2) is 5.82 Å². The third-order valence-electron chi connectivity index (χ3n) is 5.82. The first-order chi connectivity index (χ1) is 16.8. The lowest BCUT2D eigenvalue weighted by atomic mass is 9.99. The number of aryl methyl sites for hydroxylation is 1. The quantitative estimate of drug-likeness (QED) is 0.458. The fourth-order valence-electron chi connectivity index (χ4n) is 4.16. The van der Waals surface area contributed by atoms with E-state index < -0.39 is 5.82 Å². The molecule has 10 heteroatoms. The number of aromatic nitrogens is 4. The molecule has 35 heavy (non-hydrogen) atoms. The molecule has 3 aromatic heterocycles. The van der Waals surface area contributed by atoms with Crippen LogP contribution in [0.15, 0.2) is 60.8 Å².